The normalized spacial score (nSPS) is 13.5. The van der Waals surface area contributed by atoms with Crippen molar-refractivity contribution in [3.63, 3.8) is 0 Å². The van der Waals surface area contributed by atoms with Gasteiger partial charge in [0.05, 0.1) is 0 Å². The molecule has 0 saturated carbocycles. The maximum absolute atomic E-state index is 11.3. The monoisotopic (exact) mass is 257 g/mol. The van der Waals surface area contributed by atoms with Crippen molar-refractivity contribution in [3.05, 3.63) is 35.9 Å². The lowest BCUT2D eigenvalue weighted by Crippen LogP contribution is -2.37. The van der Waals surface area contributed by atoms with Crippen molar-refractivity contribution in [2.45, 2.75) is 19.4 Å². The fraction of sp³-hybridized carbons (Fsp3) is 0.455. The zero-order valence-electron chi connectivity index (χ0n) is 9.89. The summed E-state index contributed by atoms with van der Waals surface area (Å²) in [5.74, 6) is 0. The summed E-state index contributed by atoms with van der Waals surface area (Å²) in [5, 5.41) is 0. The van der Waals surface area contributed by atoms with Crippen LogP contribution in [0.25, 0.3) is 0 Å². The first-order valence-corrected chi connectivity index (χ1v) is 7.08. The first-order chi connectivity index (χ1) is 8.05. The zero-order chi connectivity index (χ0) is 12.7. The Morgan fingerprint density at radius 1 is 1.24 bits per heavy atom. The lowest BCUT2D eigenvalue weighted by atomic mass is 10.1. The van der Waals surface area contributed by atoms with E-state index in [4.69, 9.17) is 5.73 Å². The van der Waals surface area contributed by atoms with Crippen molar-refractivity contribution < 1.29 is 8.42 Å². The van der Waals surface area contributed by atoms with E-state index >= 15 is 0 Å². The van der Waals surface area contributed by atoms with Gasteiger partial charge in [0, 0.05) is 19.1 Å². The highest BCUT2D eigenvalue weighted by atomic mass is 32.2. The molecule has 5 nitrogen and oxygen atoms in total. The van der Waals surface area contributed by atoms with Crippen LogP contribution >= 0.6 is 0 Å². The summed E-state index contributed by atoms with van der Waals surface area (Å²) in [4.78, 5) is 0. The van der Waals surface area contributed by atoms with E-state index < -0.39 is 10.2 Å². The summed E-state index contributed by atoms with van der Waals surface area (Å²) in [6, 6.07) is 9.47. The minimum Gasteiger partial charge on any atom is -0.324 e. The Morgan fingerprint density at radius 3 is 2.47 bits per heavy atom. The second-order valence-corrected chi connectivity index (χ2v) is 5.29. The summed E-state index contributed by atoms with van der Waals surface area (Å²) < 4.78 is 27.4. The SMILES string of the molecule is CCNS(=O)(=O)NCCC(N)c1ccccc1. The Balaban J connectivity index is 2.37. The fourth-order valence-electron chi connectivity index (χ4n) is 1.46. The van der Waals surface area contributed by atoms with Crippen LogP contribution in [-0.2, 0) is 10.2 Å². The minimum atomic E-state index is -3.37. The summed E-state index contributed by atoms with van der Waals surface area (Å²) in [5.41, 5.74) is 6.95. The van der Waals surface area contributed by atoms with Crippen LogP contribution in [-0.4, -0.2) is 21.5 Å². The minimum absolute atomic E-state index is 0.152. The van der Waals surface area contributed by atoms with Gasteiger partial charge in [-0.05, 0) is 12.0 Å². The highest BCUT2D eigenvalue weighted by Crippen LogP contribution is 2.12. The molecule has 0 fully saturated rings. The van der Waals surface area contributed by atoms with Crippen molar-refractivity contribution in [1.82, 2.24) is 9.44 Å². The molecule has 0 amide bonds. The molecule has 6 heteroatoms. The average Bonchev–Trinajstić information content (AvgIpc) is 2.29. The Morgan fingerprint density at radius 2 is 1.88 bits per heavy atom. The van der Waals surface area contributed by atoms with Crippen LogP contribution < -0.4 is 15.2 Å². The average molecular weight is 257 g/mol. The number of nitrogens with one attached hydrogen (secondary N) is 2. The van der Waals surface area contributed by atoms with Crippen LogP contribution in [0, 0.1) is 0 Å². The molecule has 0 aliphatic heterocycles. The smallest absolute Gasteiger partial charge is 0.276 e. The highest BCUT2D eigenvalue weighted by molar-refractivity contribution is 7.87. The van der Waals surface area contributed by atoms with E-state index in [1.807, 2.05) is 30.3 Å². The van der Waals surface area contributed by atoms with Crippen LogP contribution in [0.2, 0.25) is 0 Å². The van der Waals surface area contributed by atoms with Gasteiger partial charge < -0.3 is 5.73 Å². The zero-order valence-corrected chi connectivity index (χ0v) is 10.7. The first-order valence-electron chi connectivity index (χ1n) is 5.60. The summed E-state index contributed by atoms with van der Waals surface area (Å²) in [6.45, 7) is 2.43. The Labute approximate surface area is 103 Å². The van der Waals surface area contributed by atoms with E-state index in [9.17, 15) is 8.42 Å². The Kier molecular flexibility index (Phi) is 5.57. The molecule has 1 rings (SSSR count). The number of benzene rings is 1. The molecule has 1 unspecified atom stereocenters. The number of rotatable bonds is 7. The van der Waals surface area contributed by atoms with Crippen molar-refractivity contribution in [3.8, 4) is 0 Å². The molecule has 0 radical (unpaired) electrons. The molecule has 96 valence electrons. The molecule has 1 aromatic carbocycles. The molecule has 0 aliphatic rings. The van der Waals surface area contributed by atoms with Gasteiger partial charge in [0.25, 0.3) is 10.2 Å². The predicted octanol–water partition coefficient (Wildman–Crippen LogP) is 0.520. The number of hydrogen-bond donors (Lipinski definition) is 3. The lowest BCUT2D eigenvalue weighted by molar-refractivity contribution is 0.558. The van der Waals surface area contributed by atoms with Gasteiger partial charge in [-0.15, -0.1) is 0 Å². The van der Waals surface area contributed by atoms with E-state index in [-0.39, 0.29) is 6.04 Å². The largest absolute Gasteiger partial charge is 0.324 e. The molecule has 4 N–H and O–H groups in total. The maximum Gasteiger partial charge on any atom is 0.276 e. The standard InChI is InChI=1S/C11H19N3O2S/c1-2-13-17(15,16)14-9-8-11(12)10-6-4-3-5-7-10/h3-7,11,13-14H,2,8-9,12H2,1H3. The van der Waals surface area contributed by atoms with Crippen molar-refractivity contribution in [1.29, 1.82) is 0 Å². The summed E-state index contributed by atoms with van der Waals surface area (Å²) >= 11 is 0. The lowest BCUT2D eigenvalue weighted by Gasteiger charge is -2.12. The maximum atomic E-state index is 11.3. The van der Waals surface area contributed by atoms with Crippen LogP contribution in [0.15, 0.2) is 30.3 Å². The number of hydrogen-bond acceptors (Lipinski definition) is 3. The van der Waals surface area contributed by atoms with Gasteiger partial charge in [-0.1, -0.05) is 37.3 Å². The highest BCUT2D eigenvalue weighted by Gasteiger charge is 2.09. The van der Waals surface area contributed by atoms with Gasteiger partial charge >= 0.3 is 0 Å². The molecule has 0 saturated heterocycles. The molecule has 1 aromatic rings. The third-order valence-corrected chi connectivity index (χ3v) is 3.56. The van der Waals surface area contributed by atoms with E-state index in [2.05, 4.69) is 9.44 Å². The van der Waals surface area contributed by atoms with Crippen LogP contribution in [0.1, 0.15) is 24.9 Å². The van der Waals surface area contributed by atoms with Crippen molar-refractivity contribution >= 4 is 10.2 Å². The topological polar surface area (TPSA) is 84.2 Å². The third-order valence-electron chi connectivity index (χ3n) is 2.31. The second-order valence-electron chi connectivity index (χ2n) is 3.70. The van der Waals surface area contributed by atoms with Gasteiger partial charge in [0.1, 0.15) is 0 Å². The van der Waals surface area contributed by atoms with Crippen LogP contribution in [0.5, 0.6) is 0 Å². The quantitative estimate of drug-likeness (QED) is 0.666. The first kappa shape index (κ1) is 14.1. The molecule has 1 atom stereocenters. The van der Waals surface area contributed by atoms with E-state index in [1.54, 1.807) is 6.92 Å². The van der Waals surface area contributed by atoms with Gasteiger partial charge in [0.15, 0.2) is 0 Å². The van der Waals surface area contributed by atoms with Gasteiger partial charge in [-0.3, -0.25) is 0 Å². The molecular weight excluding hydrogens is 238 g/mol. The molecule has 0 bridgehead atoms. The Bertz CT molecular complexity index is 420. The summed E-state index contributed by atoms with van der Waals surface area (Å²) in [7, 11) is -3.37. The van der Waals surface area contributed by atoms with E-state index in [0.29, 0.717) is 19.5 Å². The van der Waals surface area contributed by atoms with Crippen molar-refractivity contribution in [2.75, 3.05) is 13.1 Å². The molecule has 0 aromatic heterocycles. The fourth-order valence-corrected chi connectivity index (χ4v) is 2.33. The number of nitrogens with two attached hydrogens (primary N) is 1. The van der Waals surface area contributed by atoms with Crippen LogP contribution in [0.4, 0.5) is 0 Å². The molecule has 0 spiro atoms. The molecule has 0 aliphatic carbocycles. The van der Waals surface area contributed by atoms with E-state index in [0.717, 1.165) is 5.56 Å². The van der Waals surface area contributed by atoms with E-state index in [1.165, 1.54) is 0 Å². The summed E-state index contributed by atoms with van der Waals surface area (Å²) in [6.07, 6.45) is 0.564. The Hall–Kier alpha value is -0.950. The van der Waals surface area contributed by atoms with Crippen LogP contribution in [0.3, 0.4) is 0 Å². The van der Waals surface area contributed by atoms with Gasteiger partial charge in [-0.25, -0.2) is 9.44 Å². The third kappa shape index (κ3) is 5.27. The predicted molar refractivity (Wildman–Crippen MR) is 68.6 cm³/mol. The second kappa shape index (κ2) is 6.70. The molecule has 0 heterocycles. The van der Waals surface area contributed by atoms with Gasteiger partial charge in [-0.2, -0.15) is 8.42 Å². The molecule has 17 heavy (non-hydrogen) atoms. The van der Waals surface area contributed by atoms with Crippen molar-refractivity contribution in [2.24, 2.45) is 5.73 Å². The van der Waals surface area contributed by atoms with Gasteiger partial charge in [0.2, 0.25) is 0 Å². The molecular formula is C11H19N3O2S.